The number of hydrogen-bond donors (Lipinski definition) is 2. The molecule has 0 spiro atoms. The molecule has 1 aromatic carbocycles. The number of nitrogens with one attached hydrogen (secondary N) is 1. The number of aliphatic hydroxyl groups excluding tert-OH is 1. The van der Waals surface area contributed by atoms with Gasteiger partial charge in [0.2, 0.25) is 0 Å². The largest absolute Gasteiger partial charge is 0.395 e. The molecule has 1 aromatic rings. The van der Waals surface area contributed by atoms with E-state index in [-0.39, 0.29) is 13.2 Å². The van der Waals surface area contributed by atoms with E-state index in [0.29, 0.717) is 17.3 Å². The summed E-state index contributed by atoms with van der Waals surface area (Å²) in [5.41, 5.74) is 1.32. The van der Waals surface area contributed by atoms with Crippen molar-refractivity contribution in [3.63, 3.8) is 0 Å². The van der Waals surface area contributed by atoms with Gasteiger partial charge in [-0.2, -0.15) is 0 Å². The van der Waals surface area contributed by atoms with Gasteiger partial charge < -0.3 is 15.3 Å². The number of likely N-dealkylation sites (N-methyl/N-ethyl adjacent to an activating group) is 1. The number of carbonyl (C=O) groups excluding carboxylic acids is 2. The lowest BCUT2D eigenvalue weighted by atomic mass is 10.2. The third-order valence-corrected chi connectivity index (χ3v) is 2.90. The van der Waals surface area contributed by atoms with Crippen molar-refractivity contribution in [2.75, 3.05) is 25.0 Å². The zero-order valence-electron chi connectivity index (χ0n) is 10.9. The van der Waals surface area contributed by atoms with E-state index in [1.54, 1.807) is 32.0 Å². The van der Waals surface area contributed by atoms with Crippen molar-refractivity contribution >= 4 is 29.1 Å². The van der Waals surface area contributed by atoms with Crippen molar-refractivity contribution in [3.8, 4) is 0 Å². The number of nitrogens with zero attached hydrogens (tertiary/aromatic N) is 1. The van der Waals surface area contributed by atoms with Gasteiger partial charge in [0, 0.05) is 23.8 Å². The molecule has 2 N–H and O–H groups in total. The van der Waals surface area contributed by atoms with Gasteiger partial charge in [-0.3, -0.25) is 9.59 Å². The SMILES string of the molecule is CCN(CCO)C(=O)C(=O)Nc1ccc(Cl)cc1C. The van der Waals surface area contributed by atoms with Gasteiger partial charge in [0.15, 0.2) is 0 Å². The second kappa shape index (κ2) is 7.11. The predicted octanol–water partition coefficient (Wildman–Crippen LogP) is 1.43. The Hall–Kier alpha value is -1.59. The summed E-state index contributed by atoms with van der Waals surface area (Å²) in [5, 5.41) is 11.9. The highest BCUT2D eigenvalue weighted by atomic mass is 35.5. The third kappa shape index (κ3) is 4.22. The quantitative estimate of drug-likeness (QED) is 0.822. The molecule has 0 aliphatic rings. The van der Waals surface area contributed by atoms with Crippen molar-refractivity contribution in [1.82, 2.24) is 4.90 Å². The van der Waals surface area contributed by atoms with Crippen LogP contribution in [0.3, 0.4) is 0 Å². The number of amides is 2. The zero-order valence-corrected chi connectivity index (χ0v) is 11.7. The Morgan fingerprint density at radius 2 is 2.11 bits per heavy atom. The summed E-state index contributed by atoms with van der Waals surface area (Å²) >= 11 is 5.81. The first-order valence-corrected chi connectivity index (χ1v) is 6.34. The standard InChI is InChI=1S/C13H17ClN2O3/c1-3-16(6-7-17)13(19)12(18)15-11-5-4-10(14)8-9(11)2/h4-5,8,17H,3,6-7H2,1-2H3,(H,15,18). The molecule has 1 rings (SSSR count). The maximum atomic E-state index is 11.8. The lowest BCUT2D eigenvalue weighted by Crippen LogP contribution is -2.41. The van der Waals surface area contributed by atoms with Gasteiger partial charge in [0.05, 0.1) is 6.61 Å². The fourth-order valence-corrected chi connectivity index (χ4v) is 1.84. The fourth-order valence-electron chi connectivity index (χ4n) is 1.61. The highest BCUT2D eigenvalue weighted by Crippen LogP contribution is 2.19. The fraction of sp³-hybridized carbons (Fsp3) is 0.385. The number of aliphatic hydroxyl groups is 1. The monoisotopic (exact) mass is 284 g/mol. The average Bonchev–Trinajstić information content (AvgIpc) is 2.38. The number of aryl methyl sites for hydroxylation is 1. The maximum Gasteiger partial charge on any atom is 0.313 e. The van der Waals surface area contributed by atoms with Crippen LogP contribution < -0.4 is 5.32 Å². The van der Waals surface area contributed by atoms with E-state index in [9.17, 15) is 9.59 Å². The first-order valence-electron chi connectivity index (χ1n) is 5.96. The molecule has 5 nitrogen and oxygen atoms in total. The number of benzene rings is 1. The van der Waals surface area contributed by atoms with Crippen LogP contribution in [0.2, 0.25) is 5.02 Å². The van der Waals surface area contributed by atoms with E-state index in [4.69, 9.17) is 16.7 Å². The molecular weight excluding hydrogens is 268 g/mol. The van der Waals surface area contributed by atoms with Gasteiger partial charge >= 0.3 is 11.8 Å². The minimum absolute atomic E-state index is 0.141. The number of hydrogen-bond acceptors (Lipinski definition) is 3. The highest BCUT2D eigenvalue weighted by molar-refractivity contribution is 6.39. The smallest absolute Gasteiger partial charge is 0.313 e. The van der Waals surface area contributed by atoms with E-state index < -0.39 is 11.8 Å². The number of carbonyl (C=O) groups is 2. The van der Waals surface area contributed by atoms with Crippen LogP contribution in [0.4, 0.5) is 5.69 Å². The highest BCUT2D eigenvalue weighted by Gasteiger charge is 2.20. The summed E-state index contributed by atoms with van der Waals surface area (Å²) in [4.78, 5) is 24.9. The van der Waals surface area contributed by atoms with Crippen molar-refractivity contribution in [3.05, 3.63) is 28.8 Å². The number of rotatable bonds is 4. The Balaban J connectivity index is 2.76. The van der Waals surface area contributed by atoms with Gasteiger partial charge in [-0.1, -0.05) is 11.6 Å². The van der Waals surface area contributed by atoms with E-state index in [0.717, 1.165) is 5.56 Å². The van der Waals surface area contributed by atoms with Crippen LogP contribution in [0, 0.1) is 6.92 Å². The van der Waals surface area contributed by atoms with Crippen LogP contribution in [0.15, 0.2) is 18.2 Å². The van der Waals surface area contributed by atoms with E-state index in [2.05, 4.69) is 5.32 Å². The molecule has 0 aromatic heterocycles. The first-order chi connectivity index (χ1) is 8.99. The first kappa shape index (κ1) is 15.5. The molecule has 2 amide bonds. The lowest BCUT2D eigenvalue weighted by molar-refractivity contribution is -0.143. The molecule has 0 fully saturated rings. The number of halogens is 1. The second-order valence-electron chi connectivity index (χ2n) is 4.02. The molecule has 0 saturated heterocycles. The molecule has 0 atom stereocenters. The van der Waals surface area contributed by atoms with Crippen LogP contribution in [0.1, 0.15) is 12.5 Å². The molecule has 19 heavy (non-hydrogen) atoms. The summed E-state index contributed by atoms with van der Waals surface area (Å²) < 4.78 is 0. The minimum Gasteiger partial charge on any atom is -0.395 e. The Labute approximate surface area is 117 Å². The van der Waals surface area contributed by atoms with Crippen LogP contribution in [0.5, 0.6) is 0 Å². The molecule has 104 valence electrons. The molecule has 0 radical (unpaired) electrons. The lowest BCUT2D eigenvalue weighted by Gasteiger charge is -2.19. The molecular formula is C13H17ClN2O3. The van der Waals surface area contributed by atoms with E-state index in [1.165, 1.54) is 4.90 Å². The van der Waals surface area contributed by atoms with Gasteiger partial charge in [-0.05, 0) is 37.6 Å². The molecule has 0 unspecified atom stereocenters. The van der Waals surface area contributed by atoms with E-state index >= 15 is 0 Å². The van der Waals surface area contributed by atoms with Crippen LogP contribution >= 0.6 is 11.6 Å². The Morgan fingerprint density at radius 3 is 2.63 bits per heavy atom. The molecule has 0 aliphatic heterocycles. The predicted molar refractivity (Wildman–Crippen MR) is 74.2 cm³/mol. The summed E-state index contributed by atoms with van der Waals surface area (Å²) in [5.74, 6) is -1.38. The molecule has 0 aliphatic carbocycles. The Bertz CT molecular complexity index is 477. The van der Waals surface area contributed by atoms with Crippen molar-refractivity contribution in [1.29, 1.82) is 0 Å². The topological polar surface area (TPSA) is 69.6 Å². The normalized spacial score (nSPS) is 10.1. The summed E-state index contributed by atoms with van der Waals surface area (Å²) in [6, 6.07) is 4.98. The van der Waals surface area contributed by atoms with Gasteiger partial charge in [0.25, 0.3) is 0 Å². The molecule has 0 saturated carbocycles. The van der Waals surface area contributed by atoms with Crippen LogP contribution in [-0.4, -0.2) is 41.5 Å². The Kier molecular flexibility index (Phi) is 5.79. The molecule has 0 heterocycles. The second-order valence-corrected chi connectivity index (χ2v) is 4.46. The van der Waals surface area contributed by atoms with Gasteiger partial charge in [-0.25, -0.2) is 0 Å². The molecule has 0 bridgehead atoms. The number of anilines is 1. The molecule has 6 heteroatoms. The van der Waals surface area contributed by atoms with Crippen LogP contribution in [-0.2, 0) is 9.59 Å². The maximum absolute atomic E-state index is 11.8. The Morgan fingerprint density at radius 1 is 1.42 bits per heavy atom. The van der Waals surface area contributed by atoms with Gasteiger partial charge in [0.1, 0.15) is 0 Å². The summed E-state index contributed by atoms with van der Waals surface area (Å²) in [7, 11) is 0. The summed E-state index contributed by atoms with van der Waals surface area (Å²) in [6.45, 7) is 3.87. The average molecular weight is 285 g/mol. The summed E-state index contributed by atoms with van der Waals surface area (Å²) in [6.07, 6.45) is 0. The minimum atomic E-state index is -0.722. The van der Waals surface area contributed by atoms with Crippen LogP contribution in [0.25, 0.3) is 0 Å². The van der Waals surface area contributed by atoms with Gasteiger partial charge in [-0.15, -0.1) is 0 Å². The zero-order chi connectivity index (χ0) is 14.4. The van der Waals surface area contributed by atoms with Crippen molar-refractivity contribution in [2.24, 2.45) is 0 Å². The van der Waals surface area contributed by atoms with Crippen molar-refractivity contribution in [2.45, 2.75) is 13.8 Å². The van der Waals surface area contributed by atoms with Crippen molar-refractivity contribution < 1.29 is 14.7 Å². The van der Waals surface area contributed by atoms with E-state index in [1.807, 2.05) is 0 Å². The third-order valence-electron chi connectivity index (χ3n) is 2.67.